The zero-order valence-corrected chi connectivity index (χ0v) is 15.7. The van der Waals surface area contributed by atoms with Crippen molar-refractivity contribution in [3.63, 3.8) is 0 Å². The predicted octanol–water partition coefficient (Wildman–Crippen LogP) is 1.95. The molecule has 1 aromatic heterocycles. The molecule has 1 aromatic carbocycles. The zero-order chi connectivity index (χ0) is 19.0. The lowest BCUT2D eigenvalue weighted by molar-refractivity contribution is -0.121. The first-order chi connectivity index (χ1) is 12.4. The molecule has 0 saturated heterocycles. The Bertz CT molecular complexity index is 825. The number of carbonyl (C=O) groups is 1. The first-order valence-electron chi connectivity index (χ1n) is 8.17. The molecule has 0 radical (unpaired) electrons. The third-order valence-electron chi connectivity index (χ3n) is 3.72. The van der Waals surface area contributed by atoms with Gasteiger partial charge in [0, 0.05) is 38.0 Å². The molecule has 0 bridgehead atoms. The lowest BCUT2D eigenvalue weighted by atomic mass is 10.2. The van der Waals surface area contributed by atoms with Crippen molar-refractivity contribution in [1.82, 2.24) is 10.3 Å². The van der Waals surface area contributed by atoms with E-state index in [9.17, 15) is 13.2 Å². The third kappa shape index (κ3) is 6.03. The number of amides is 1. The van der Waals surface area contributed by atoms with E-state index in [4.69, 9.17) is 4.74 Å². The van der Waals surface area contributed by atoms with Crippen LogP contribution in [0.5, 0.6) is 5.75 Å². The molecule has 8 heteroatoms. The fourth-order valence-electron chi connectivity index (χ4n) is 2.43. The van der Waals surface area contributed by atoms with Crippen molar-refractivity contribution in [1.29, 1.82) is 0 Å². The second-order valence-corrected chi connectivity index (χ2v) is 7.68. The Morgan fingerprint density at radius 2 is 2.08 bits per heavy atom. The molecule has 2 rings (SSSR count). The number of sulfonamides is 1. The highest BCUT2D eigenvalue weighted by atomic mass is 32.2. The highest BCUT2D eigenvalue weighted by Crippen LogP contribution is 2.23. The summed E-state index contributed by atoms with van der Waals surface area (Å²) in [5.74, 6) is 0.443. The summed E-state index contributed by atoms with van der Waals surface area (Å²) in [7, 11) is -1.93. The largest absolute Gasteiger partial charge is 0.497 e. The van der Waals surface area contributed by atoms with Crippen molar-refractivity contribution in [3.05, 3.63) is 54.4 Å². The van der Waals surface area contributed by atoms with Crippen LogP contribution >= 0.6 is 0 Å². The van der Waals surface area contributed by atoms with E-state index in [1.54, 1.807) is 42.7 Å². The average Bonchev–Trinajstić information content (AvgIpc) is 2.63. The van der Waals surface area contributed by atoms with Crippen LogP contribution in [0.1, 0.15) is 18.4 Å². The Balaban J connectivity index is 1.90. The Labute approximate surface area is 154 Å². The number of hydrogen-bond donors (Lipinski definition) is 1. The Morgan fingerprint density at radius 1 is 1.27 bits per heavy atom. The molecule has 2 aromatic rings. The number of pyridine rings is 1. The first-order valence-corrected chi connectivity index (χ1v) is 10.0. The summed E-state index contributed by atoms with van der Waals surface area (Å²) in [6.45, 7) is 0.616. The number of carbonyl (C=O) groups excluding carboxylic acids is 1. The van der Waals surface area contributed by atoms with Gasteiger partial charge < -0.3 is 10.1 Å². The van der Waals surface area contributed by atoms with Gasteiger partial charge in [0.1, 0.15) is 5.75 Å². The van der Waals surface area contributed by atoms with Crippen molar-refractivity contribution < 1.29 is 17.9 Å². The molecule has 0 spiro atoms. The van der Waals surface area contributed by atoms with E-state index in [0.29, 0.717) is 24.4 Å². The van der Waals surface area contributed by atoms with Crippen LogP contribution in [0.25, 0.3) is 0 Å². The summed E-state index contributed by atoms with van der Waals surface area (Å²) in [6.07, 6.45) is 5.15. The molecule has 0 aliphatic carbocycles. The average molecular weight is 377 g/mol. The number of aromatic nitrogens is 1. The number of methoxy groups -OCH3 is 1. The van der Waals surface area contributed by atoms with Crippen molar-refractivity contribution in [2.45, 2.75) is 19.4 Å². The number of benzene rings is 1. The first kappa shape index (κ1) is 19.7. The van der Waals surface area contributed by atoms with Crippen LogP contribution in [0.15, 0.2) is 48.8 Å². The van der Waals surface area contributed by atoms with E-state index in [1.807, 2.05) is 6.07 Å². The highest BCUT2D eigenvalue weighted by Gasteiger charge is 2.18. The monoisotopic (exact) mass is 377 g/mol. The van der Waals surface area contributed by atoms with Crippen LogP contribution in [0.3, 0.4) is 0 Å². The summed E-state index contributed by atoms with van der Waals surface area (Å²) in [6, 6.07) is 10.5. The number of nitrogens with zero attached hydrogens (tertiary/aromatic N) is 2. The molecular weight excluding hydrogens is 354 g/mol. The van der Waals surface area contributed by atoms with Crippen LogP contribution in [-0.4, -0.2) is 39.2 Å². The molecule has 0 saturated carbocycles. The van der Waals surface area contributed by atoms with Gasteiger partial charge in [-0.2, -0.15) is 0 Å². The Hall–Kier alpha value is -2.61. The summed E-state index contributed by atoms with van der Waals surface area (Å²) < 4.78 is 30.6. The van der Waals surface area contributed by atoms with E-state index in [0.717, 1.165) is 11.8 Å². The number of anilines is 1. The molecule has 0 aliphatic heterocycles. The molecule has 140 valence electrons. The minimum atomic E-state index is -3.46. The van der Waals surface area contributed by atoms with Crippen molar-refractivity contribution in [2.24, 2.45) is 0 Å². The second-order valence-electron chi connectivity index (χ2n) is 5.78. The second kappa shape index (κ2) is 9.19. The molecular formula is C18H23N3O4S. The molecule has 0 aliphatic rings. The molecule has 1 N–H and O–H groups in total. The molecule has 0 atom stereocenters. The van der Waals surface area contributed by atoms with Gasteiger partial charge in [-0.1, -0.05) is 12.1 Å². The van der Waals surface area contributed by atoms with Crippen LogP contribution in [0.4, 0.5) is 5.69 Å². The topological polar surface area (TPSA) is 88.6 Å². The fraction of sp³-hybridized carbons (Fsp3) is 0.333. The van der Waals surface area contributed by atoms with Gasteiger partial charge in [0.05, 0.1) is 19.1 Å². The van der Waals surface area contributed by atoms with Gasteiger partial charge in [0.15, 0.2) is 0 Å². The third-order valence-corrected chi connectivity index (χ3v) is 4.91. The summed E-state index contributed by atoms with van der Waals surface area (Å²) in [5, 5.41) is 2.80. The SMILES string of the molecule is COc1cccc(N(CCCC(=O)NCc2cccnc2)S(C)(=O)=O)c1. The fourth-order valence-corrected chi connectivity index (χ4v) is 3.38. The molecule has 7 nitrogen and oxygen atoms in total. The Kier molecular flexibility index (Phi) is 6.97. The quantitative estimate of drug-likeness (QED) is 0.722. The van der Waals surface area contributed by atoms with Crippen LogP contribution in [0, 0.1) is 0 Å². The van der Waals surface area contributed by atoms with E-state index < -0.39 is 10.0 Å². The smallest absolute Gasteiger partial charge is 0.232 e. The van der Waals surface area contributed by atoms with E-state index in [1.165, 1.54) is 11.4 Å². The number of ether oxygens (including phenoxy) is 1. The maximum Gasteiger partial charge on any atom is 0.232 e. The highest BCUT2D eigenvalue weighted by molar-refractivity contribution is 7.92. The van der Waals surface area contributed by atoms with Crippen molar-refractivity contribution in [2.75, 3.05) is 24.2 Å². The number of hydrogen-bond acceptors (Lipinski definition) is 5. The van der Waals surface area contributed by atoms with Gasteiger partial charge in [-0.15, -0.1) is 0 Å². The lowest BCUT2D eigenvalue weighted by Crippen LogP contribution is -2.32. The number of nitrogens with one attached hydrogen (secondary N) is 1. The van der Waals surface area contributed by atoms with Gasteiger partial charge in [0.25, 0.3) is 0 Å². The van der Waals surface area contributed by atoms with Gasteiger partial charge in [-0.05, 0) is 30.2 Å². The zero-order valence-electron chi connectivity index (χ0n) is 14.9. The van der Waals surface area contributed by atoms with E-state index >= 15 is 0 Å². The summed E-state index contributed by atoms with van der Waals surface area (Å²) >= 11 is 0. The molecule has 1 amide bonds. The van der Waals surface area contributed by atoms with Gasteiger partial charge >= 0.3 is 0 Å². The normalized spacial score (nSPS) is 11.0. The molecule has 0 fully saturated rings. The minimum absolute atomic E-state index is 0.132. The number of rotatable bonds is 9. The maximum atomic E-state index is 12.1. The van der Waals surface area contributed by atoms with Gasteiger partial charge in [-0.3, -0.25) is 14.1 Å². The summed E-state index contributed by atoms with van der Waals surface area (Å²) in [4.78, 5) is 16.0. The van der Waals surface area contributed by atoms with Crippen LogP contribution in [-0.2, 0) is 21.4 Å². The van der Waals surface area contributed by atoms with E-state index in [-0.39, 0.29) is 18.9 Å². The van der Waals surface area contributed by atoms with Gasteiger partial charge in [-0.25, -0.2) is 8.42 Å². The van der Waals surface area contributed by atoms with Crippen molar-refractivity contribution >= 4 is 21.6 Å². The molecule has 1 heterocycles. The molecule has 26 heavy (non-hydrogen) atoms. The minimum Gasteiger partial charge on any atom is -0.497 e. The van der Waals surface area contributed by atoms with Crippen molar-refractivity contribution in [3.8, 4) is 5.75 Å². The van der Waals surface area contributed by atoms with Crippen LogP contribution in [0.2, 0.25) is 0 Å². The van der Waals surface area contributed by atoms with Crippen LogP contribution < -0.4 is 14.4 Å². The molecule has 0 unspecified atom stereocenters. The predicted molar refractivity (Wildman–Crippen MR) is 101 cm³/mol. The van der Waals surface area contributed by atoms with Gasteiger partial charge in [0.2, 0.25) is 15.9 Å². The van der Waals surface area contributed by atoms with E-state index in [2.05, 4.69) is 10.3 Å². The maximum absolute atomic E-state index is 12.1. The Morgan fingerprint density at radius 3 is 2.73 bits per heavy atom. The standard InChI is InChI=1S/C18H23N3O4S/c1-25-17-8-3-7-16(12-17)21(26(2,23)24)11-5-9-18(22)20-14-15-6-4-10-19-13-15/h3-4,6-8,10,12-13H,5,9,11,14H2,1-2H3,(H,20,22). The lowest BCUT2D eigenvalue weighted by Gasteiger charge is -2.22. The summed E-state index contributed by atoms with van der Waals surface area (Å²) in [5.41, 5.74) is 1.43.